The second kappa shape index (κ2) is 7.52. The van der Waals surface area contributed by atoms with Crippen LogP contribution in [0.15, 0.2) is 29.9 Å². The maximum Gasteiger partial charge on any atom is 0.321 e. The summed E-state index contributed by atoms with van der Waals surface area (Å²) in [5.41, 5.74) is 1.87. The highest BCUT2D eigenvalue weighted by Crippen LogP contribution is 2.14. The molecule has 1 fully saturated rings. The third kappa shape index (κ3) is 4.27. The number of hydrogen-bond acceptors (Lipinski definition) is 5. The molecular formula is C16H21N5OS. The molecule has 0 bridgehead atoms. The van der Waals surface area contributed by atoms with Gasteiger partial charge in [0.15, 0.2) is 0 Å². The Balaban J connectivity index is 1.47. The summed E-state index contributed by atoms with van der Waals surface area (Å²) in [5.74, 6) is 0. The van der Waals surface area contributed by atoms with Crippen LogP contribution in [0.1, 0.15) is 17.6 Å². The Morgan fingerprint density at radius 1 is 1.35 bits per heavy atom. The number of anilines is 1. The van der Waals surface area contributed by atoms with E-state index < -0.39 is 0 Å². The van der Waals surface area contributed by atoms with Crippen molar-refractivity contribution in [1.29, 1.82) is 0 Å². The van der Waals surface area contributed by atoms with Crippen LogP contribution in [0.25, 0.3) is 0 Å². The van der Waals surface area contributed by atoms with Gasteiger partial charge in [-0.3, -0.25) is 9.88 Å². The van der Waals surface area contributed by atoms with Crippen molar-refractivity contribution < 1.29 is 4.79 Å². The van der Waals surface area contributed by atoms with Crippen molar-refractivity contribution in [2.75, 3.05) is 31.5 Å². The van der Waals surface area contributed by atoms with E-state index in [0.717, 1.165) is 50.5 Å². The summed E-state index contributed by atoms with van der Waals surface area (Å²) < 4.78 is 0. The topological polar surface area (TPSA) is 61.4 Å². The van der Waals surface area contributed by atoms with E-state index in [0.29, 0.717) is 0 Å². The molecule has 1 aliphatic heterocycles. The summed E-state index contributed by atoms with van der Waals surface area (Å²) >= 11 is 1.73. The smallest absolute Gasteiger partial charge is 0.321 e. The molecule has 0 spiro atoms. The maximum absolute atomic E-state index is 12.2. The maximum atomic E-state index is 12.2. The molecule has 7 heteroatoms. The first-order valence-electron chi connectivity index (χ1n) is 7.86. The van der Waals surface area contributed by atoms with Gasteiger partial charge in [0.1, 0.15) is 0 Å². The van der Waals surface area contributed by atoms with Crippen molar-refractivity contribution in [3.63, 3.8) is 0 Å². The number of hydrogen-bond donors (Lipinski definition) is 1. The highest BCUT2D eigenvalue weighted by molar-refractivity contribution is 7.09. The molecule has 1 N–H and O–H groups in total. The lowest BCUT2D eigenvalue weighted by molar-refractivity contribution is 0.142. The predicted octanol–water partition coefficient (Wildman–Crippen LogP) is 2.45. The molecule has 0 saturated carbocycles. The minimum Gasteiger partial charge on any atom is -0.322 e. The zero-order valence-corrected chi connectivity index (χ0v) is 14.1. The van der Waals surface area contributed by atoms with Crippen molar-refractivity contribution in [2.45, 2.75) is 19.9 Å². The number of carbonyl (C=O) groups excluding carboxylic acids is 1. The molecule has 23 heavy (non-hydrogen) atoms. The molecule has 2 amide bonds. The van der Waals surface area contributed by atoms with Crippen LogP contribution in [0.5, 0.6) is 0 Å². The standard InChI is InChI=1S/C16H21N5OS/c1-2-15-18-14(12-23-15)11-20-6-8-21(9-7-20)16(22)19-13-4-3-5-17-10-13/h3-5,10,12H,2,6-9,11H2,1H3,(H,19,22). The minimum atomic E-state index is -0.0559. The number of aromatic nitrogens is 2. The molecule has 122 valence electrons. The lowest BCUT2D eigenvalue weighted by atomic mass is 10.3. The van der Waals surface area contributed by atoms with Crippen LogP contribution in [0, 0.1) is 0 Å². The van der Waals surface area contributed by atoms with E-state index in [1.54, 1.807) is 23.7 Å². The Labute approximate surface area is 140 Å². The van der Waals surface area contributed by atoms with Gasteiger partial charge >= 0.3 is 6.03 Å². The Morgan fingerprint density at radius 2 is 2.17 bits per heavy atom. The number of rotatable bonds is 4. The van der Waals surface area contributed by atoms with Crippen molar-refractivity contribution >= 4 is 23.1 Å². The summed E-state index contributed by atoms with van der Waals surface area (Å²) in [6, 6.07) is 3.60. The summed E-state index contributed by atoms with van der Waals surface area (Å²) in [6.07, 6.45) is 4.34. The third-order valence-electron chi connectivity index (χ3n) is 3.86. The molecule has 1 saturated heterocycles. The zero-order chi connectivity index (χ0) is 16.1. The molecule has 2 aromatic rings. The average Bonchev–Trinajstić information content (AvgIpc) is 3.04. The quantitative estimate of drug-likeness (QED) is 0.935. The van der Waals surface area contributed by atoms with E-state index in [2.05, 4.69) is 32.5 Å². The Morgan fingerprint density at radius 3 is 2.83 bits per heavy atom. The molecule has 0 atom stereocenters. The highest BCUT2D eigenvalue weighted by Gasteiger charge is 2.21. The van der Waals surface area contributed by atoms with Crippen molar-refractivity contribution in [1.82, 2.24) is 19.8 Å². The largest absolute Gasteiger partial charge is 0.322 e. The van der Waals surface area contributed by atoms with E-state index in [4.69, 9.17) is 0 Å². The monoisotopic (exact) mass is 331 g/mol. The summed E-state index contributed by atoms with van der Waals surface area (Å²) in [7, 11) is 0. The number of nitrogens with zero attached hydrogens (tertiary/aromatic N) is 4. The number of carbonyl (C=O) groups is 1. The highest BCUT2D eigenvalue weighted by atomic mass is 32.1. The van der Waals surface area contributed by atoms with Crippen molar-refractivity contribution in [2.24, 2.45) is 0 Å². The van der Waals surface area contributed by atoms with E-state index in [1.165, 1.54) is 5.01 Å². The average molecular weight is 331 g/mol. The van der Waals surface area contributed by atoms with E-state index in [9.17, 15) is 4.79 Å². The Hall–Kier alpha value is -1.99. The number of pyridine rings is 1. The van der Waals surface area contributed by atoms with Gasteiger partial charge in [-0.05, 0) is 18.6 Å². The van der Waals surface area contributed by atoms with Gasteiger partial charge in [-0.2, -0.15) is 0 Å². The van der Waals surface area contributed by atoms with Gasteiger partial charge in [0.05, 0.1) is 22.6 Å². The number of thiazole rings is 1. The van der Waals surface area contributed by atoms with Gasteiger partial charge in [0.2, 0.25) is 0 Å². The molecule has 0 unspecified atom stereocenters. The van der Waals surface area contributed by atoms with Gasteiger partial charge in [-0.15, -0.1) is 11.3 Å². The van der Waals surface area contributed by atoms with Gasteiger partial charge in [0, 0.05) is 44.3 Å². The van der Waals surface area contributed by atoms with Crippen LogP contribution in [-0.2, 0) is 13.0 Å². The van der Waals surface area contributed by atoms with Gasteiger partial charge in [0.25, 0.3) is 0 Å². The molecule has 0 radical (unpaired) electrons. The number of piperazine rings is 1. The van der Waals surface area contributed by atoms with Crippen LogP contribution in [0.3, 0.4) is 0 Å². The lowest BCUT2D eigenvalue weighted by Crippen LogP contribution is -2.49. The fourth-order valence-corrected chi connectivity index (χ4v) is 3.30. The molecular weight excluding hydrogens is 310 g/mol. The molecule has 6 nitrogen and oxygen atoms in total. The second-order valence-electron chi connectivity index (χ2n) is 5.52. The van der Waals surface area contributed by atoms with E-state index in [1.807, 2.05) is 17.0 Å². The van der Waals surface area contributed by atoms with E-state index in [-0.39, 0.29) is 6.03 Å². The molecule has 1 aliphatic rings. The normalized spacial score (nSPS) is 15.6. The first kappa shape index (κ1) is 15.9. The van der Waals surface area contributed by atoms with Crippen molar-refractivity contribution in [3.05, 3.63) is 40.6 Å². The van der Waals surface area contributed by atoms with Crippen LogP contribution in [-0.4, -0.2) is 52.0 Å². The minimum absolute atomic E-state index is 0.0559. The lowest BCUT2D eigenvalue weighted by Gasteiger charge is -2.34. The third-order valence-corrected chi connectivity index (χ3v) is 4.90. The van der Waals surface area contributed by atoms with Gasteiger partial charge in [-0.25, -0.2) is 9.78 Å². The molecule has 0 aliphatic carbocycles. The zero-order valence-electron chi connectivity index (χ0n) is 13.2. The van der Waals surface area contributed by atoms with Crippen LogP contribution < -0.4 is 5.32 Å². The van der Waals surface area contributed by atoms with Crippen LogP contribution in [0.4, 0.5) is 10.5 Å². The molecule has 0 aromatic carbocycles. The molecule has 2 aromatic heterocycles. The van der Waals surface area contributed by atoms with Crippen LogP contribution in [0.2, 0.25) is 0 Å². The number of aryl methyl sites for hydroxylation is 1. The Kier molecular flexibility index (Phi) is 5.19. The predicted molar refractivity (Wildman–Crippen MR) is 91.6 cm³/mol. The summed E-state index contributed by atoms with van der Waals surface area (Å²) in [5, 5.41) is 6.21. The molecule has 3 heterocycles. The second-order valence-corrected chi connectivity index (χ2v) is 6.46. The summed E-state index contributed by atoms with van der Waals surface area (Å²) in [6.45, 7) is 6.21. The van der Waals surface area contributed by atoms with Crippen LogP contribution >= 0.6 is 11.3 Å². The first-order valence-corrected chi connectivity index (χ1v) is 8.74. The van der Waals surface area contributed by atoms with Crippen molar-refractivity contribution in [3.8, 4) is 0 Å². The Bertz CT molecular complexity index is 637. The fraction of sp³-hybridized carbons (Fsp3) is 0.438. The van der Waals surface area contributed by atoms with Gasteiger partial charge in [-0.1, -0.05) is 6.92 Å². The SMILES string of the molecule is CCc1nc(CN2CCN(C(=O)Nc3cccnc3)CC2)cs1. The number of urea groups is 1. The number of amides is 2. The first-order chi connectivity index (χ1) is 11.2. The summed E-state index contributed by atoms with van der Waals surface area (Å²) in [4.78, 5) is 25.0. The molecule has 3 rings (SSSR count). The number of nitrogens with one attached hydrogen (secondary N) is 1. The van der Waals surface area contributed by atoms with Gasteiger partial charge < -0.3 is 10.2 Å². The van der Waals surface area contributed by atoms with E-state index >= 15 is 0 Å². The fourth-order valence-electron chi connectivity index (χ4n) is 2.56.